The first-order chi connectivity index (χ1) is 9.15. The molecule has 1 aromatic heterocycles. The molecule has 0 unspecified atom stereocenters. The van der Waals surface area contributed by atoms with Crippen molar-refractivity contribution in [3.63, 3.8) is 0 Å². The molecule has 0 spiro atoms. The second-order valence-corrected chi connectivity index (χ2v) is 5.06. The molecule has 0 aliphatic rings. The molecule has 19 heavy (non-hydrogen) atoms. The van der Waals surface area contributed by atoms with E-state index in [-0.39, 0.29) is 0 Å². The summed E-state index contributed by atoms with van der Waals surface area (Å²) in [6.45, 7) is 7.24. The van der Waals surface area contributed by atoms with Gasteiger partial charge in [0.15, 0.2) is 0 Å². The summed E-state index contributed by atoms with van der Waals surface area (Å²) in [6.07, 6.45) is 5.06. The van der Waals surface area contributed by atoms with E-state index in [1.165, 1.54) is 6.42 Å². The molecule has 5 nitrogen and oxygen atoms in total. The quantitative estimate of drug-likeness (QED) is 0.671. The van der Waals surface area contributed by atoms with Gasteiger partial charge in [0.25, 0.3) is 0 Å². The van der Waals surface area contributed by atoms with Crippen LogP contribution in [0.5, 0.6) is 0 Å². The highest BCUT2D eigenvalue weighted by Gasteiger charge is 2.05. The van der Waals surface area contributed by atoms with Crippen molar-refractivity contribution in [3.8, 4) is 0 Å². The van der Waals surface area contributed by atoms with Gasteiger partial charge in [-0.3, -0.25) is 0 Å². The van der Waals surface area contributed by atoms with Crippen LogP contribution in [0.3, 0.4) is 0 Å². The Bertz CT molecular complexity index is 365. The molecule has 0 fully saturated rings. The number of hydrogen-bond donors (Lipinski definition) is 2. The Morgan fingerprint density at radius 1 is 1.05 bits per heavy atom. The lowest BCUT2D eigenvalue weighted by atomic mass is 10.2. The predicted octanol–water partition coefficient (Wildman–Crippen LogP) is 2.36. The third-order valence-corrected chi connectivity index (χ3v) is 2.95. The van der Waals surface area contributed by atoms with Crippen LogP contribution in [0.25, 0.3) is 0 Å². The molecule has 0 amide bonds. The second-order valence-electron chi connectivity index (χ2n) is 5.06. The van der Waals surface area contributed by atoms with E-state index in [2.05, 4.69) is 53.4 Å². The van der Waals surface area contributed by atoms with Gasteiger partial charge in [-0.2, -0.15) is 0 Å². The third kappa shape index (κ3) is 5.87. The number of unbranched alkanes of at least 4 members (excludes halogenated alkanes) is 1. The fraction of sp³-hybridized carbons (Fsp3) is 0.714. The fourth-order valence-electron chi connectivity index (χ4n) is 1.81. The SMILES string of the molecule is CCCNc1ncnc(NCCCCN(C)C)c1C. The predicted molar refractivity (Wildman–Crippen MR) is 81.8 cm³/mol. The topological polar surface area (TPSA) is 53.1 Å². The standard InChI is InChI=1S/C14H27N5/c1-5-8-15-13-12(2)14(18-11-17-13)16-9-6-7-10-19(3)4/h11H,5-10H2,1-4H3,(H2,15,16,17,18). The number of anilines is 2. The molecule has 0 atom stereocenters. The average Bonchev–Trinajstić information content (AvgIpc) is 2.38. The molecule has 0 radical (unpaired) electrons. The normalized spacial score (nSPS) is 10.8. The Balaban J connectivity index is 2.40. The lowest BCUT2D eigenvalue weighted by Gasteiger charge is -2.13. The summed E-state index contributed by atoms with van der Waals surface area (Å²) in [4.78, 5) is 10.8. The van der Waals surface area contributed by atoms with Gasteiger partial charge in [0, 0.05) is 18.7 Å². The van der Waals surface area contributed by atoms with Gasteiger partial charge in [0.1, 0.15) is 18.0 Å². The van der Waals surface area contributed by atoms with Crippen LogP contribution < -0.4 is 10.6 Å². The van der Waals surface area contributed by atoms with E-state index >= 15 is 0 Å². The summed E-state index contributed by atoms with van der Waals surface area (Å²) < 4.78 is 0. The molecular weight excluding hydrogens is 238 g/mol. The minimum absolute atomic E-state index is 0.938. The summed E-state index contributed by atoms with van der Waals surface area (Å²) >= 11 is 0. The number of rotatable bonds is 9. The Morgan fingerprint density at radius 3 is 2.26 bits per heavy atom. The zero-order valence-electron chi connectivity index (χ0n) is 12.7. The summed E-state index contributed by atoms with van der Waals surface area (Å²) in [7, 11) is 4.21. The largest absolute Gasteiger partial charge is 0.370 e. The molecule has 0 aliphatic carbocycles. The van der Waals surface area contributed by atoms with Crippen molar-refractivity contribution in [2.24, 2.45) is 0 Å². The maximum atomic E-state index is 4.31. The molecule has 0 aliphatic heterocycles. The summed E-state index contributed by atoms with van der Waals surface area (Å²) in [5.74, 6) is 1.88. The van der Waals surface area contributed by atoms with Gasteiger partial charge in [-0.15, -0.1) is 0 Å². The minimum Gasteiger partial charge on any atom is -0.370 e. The highest BCUT2D eigenvalue weighted by Crippen LogP contribution is 2.17. The van der Waals surface area contributed by atoms with Gasteiger partial charge >= 0.3 is 0 Å². The van der Waals surface area contributed by atoms with E-state index in [0.717, 1.165) is 49.7 Å². The highest BCUT2D eigenvalue weighted by molar-refractivity contribution is 5.56. The van der Waals surface area contributed by atoms with E-state index in [4.69, 9.17) is 0 Å². The Labute approximate surface area is 116 Å². The van der Waals surface area contributed by atoms with Crippen LogP contribution in [0.4, 0.5) is 11.6 Å². The monoisotopic (exact) mass is 265 g/mol. The minimum atomic E-state index is 0.938. The van der Waals surface area contributed by atoms with Crippen molar-refractivity contribution in [3.05, 3.63) is 11.9 Å². The van der Waals surface area contributed by atoms with Crippen LogP contribution in [-0.2, 0) is 0 Å². The number of hydrogen-bond acceptors (Lipinski definition) is 5. The van der Waals surface area contributed by atoms with Crippen LogP contribution >= 0.6 is 0 Å². The van der Waals surface area contributed by atoms with Crippen molar-refractivity contribution in [1.82, 2.24) is 14.9 Å². The Kier molecular flexibility index (Phi) is 7.18. The van der Waals surface area contributed by atoms with Gasteiger partial charge in [-0.05, 0) is 46.8 Å². The van der Waals surface area contributed by atoms with E-state index in [1.807, 2.05) is 0 Å². The molecule has 0 aromatic carbocycles. The van der Waals surface area contributed by atoms with Gasteiger partial charge in [0.05, 0.1) is 0 Å². The summed E-state index contributed by atoms with van der Waals surface area (Å²) in [5.41, 5.74) is 1.10. The van der Waals surface area contributed by atoms with Gasteiger partial charge < -0.3 is 15.5 Å². The van der Waals surface area contributed by atoms with E-state index in [1.54, 1.807) is 6.33 Å². The average molecular weight is 265 g/mol. The lowest BCUT2D eigenvalue weighted by molar-refractivity contribution is 0.396. The van der Waals surface area contributed by atoms with Crippen LogP contribution in [0, 0.1) is 6.92 Å². The van der Waals surface area contributed by atoms with Crippen molar-refractivity contribution < 1.29 is 0 Å². The fourth-order valence-corrected chi connectivity index (χ4v) is 1.81. The Morgan fingerprint density at radius 2 is 1.68 bits per heavy atom. The smallest absolute Gasteiger partial charge is 0.134 e. The van der Waals surface area contributed by atoms with Gasteiger partial charge in [-0.25, -0.2) is 9.97 Å². The van der Waals surface area contributed by atoms with Gasteiger partial charge in [0.2, 0.25) is 0 Å². The summed E-state index contributed by atoms with van der Waals surface area (Å²) in [6, 6.07) is 0. The van der Waals surface area contributed by atoms with Crippen LogP contribution in [0.1, 0.15) is 31.7 Å². The molecule has 1 rings (SSSR count). The number of nitrogens with one attached hydrogen (secondary N) is 2. The zero-order chi connectivity index (χ0) is 14.1. The first kappa shape index (κ1) is 15.7. The van der Waals surface area contributed by atoms with E-state index in [9.17, 15) is 0 Å². The molecule has 0 saturated carbocycles. The molecular formula is C14H27N5. The molecule has 0 bridgehead atoms. The molecule has 1 heterocycles. The molecule has 1 aromatic rings. The molecule has 2 N–H and O–H groups in total. The number of aromatic nitrogens is 2. The maximum Gasteiger partial charge on any atom is 0.134 e. The van der Waals surface area contributed by atoms with Crippen LogP contribution in [0.2, 0.25) is 0 Å². The summed E-state index contributed by atoms with van der Waals surface area (Å²) in [5, 5.41) is 6.72. The molecule has 108 valence electrons. The number of nitrogens with zero attached hydrogens (tertiary/aromatic N) is 3. The van der Waals surface area contributed by atoms with E-state index in [0.29, 0.717) is 0 Å². The van der Waals surface area contributed by atoms with Gasteiger partial charge in [-0.1, -0.05) is 6.92 Å². The zero-order valence-corrected chi connectivity index (χ0v) is 12.7. The van der Waals surface area contributed by atoms with Crippen molar-refractivity contribution >= 4 is 11.6 Å². The first-order valence-corrected chi connectivity index (χ1v) is 7.09. The Hall–Kier alpha value is -1.36. The lowest BCUT2D eigenvalue weighted by Crippen LogP contribution is -2.15. The highest BCUT2D eigenvalue weighted by atomic mass is 15.1. The molecule has 5 heteroatoms. The maximum absolute atomic E-state index is 4.31. The second kappa shape index (κ2) is 8.69. The van der Waals surface area contributed by atoms with E-state index < -0.39 is 0 Å². The third-order valence-electron chi connectivity index (χ3n) is 2.95. The van der Waals surface area contributed by atoms with Crippen molar-refractivity contribution in [1.29, 1.82) is 0 Å². The first-order valence-electron chi connectivity index (χ1n) is 7.09. The van der Waals surface area contributed by atoms with Crippen LogP contribution in [-0.4, -0.2) is 48.6 Å². The van der Waals surface area contributed by atoms with Crippen LogP contribution in [0.15, 0.2) is 6.33 Å². The van der Waals surface area contributed by atoms with Crippen molar-refractivity contribution in [2.45, 2.75) is 33.1 Å². The molecule has 0 saturated heterocycles. The van der Waals surface area contributed by atoms with Crippen molar-refractivity contribution in [2.75, 3.05) is 44.4 Å².